The minimum Gasteiger partial charge on any atom is -0.469 e. The number of carbonyl (C=O) groups excluding carboxylic acids is 2. The van der Waals surface area contributed by atoms with Crippen molar-refractivity contribution in [3.63, 3.8) is 0 Å². The molecule has 0 aromatic heterocycles. The first-order chi connectivity index (χ1) is 5.65. The van der Waals surface area contributed by atoms with Gasteiger partial charge in [-0.3, -0.25) is 4.79 Å². The Morgan fingerprint density at radius 3 is 2.25 bits per heavy atom. The summed E-state index contributed by atoms with van der Waals surface area (Å²) < 4.78 is 8.44. The fourth-order valence-electron chi connectivity index (χ4n) is 0.541. The second-order valence-electron chi connectivity index (χ2n) is 1.92. The molecule has 0 aromatic rings. The summed E-state index contributed by atoms with van der Waals surface area (Å²) in [6.07, 6.45) is -0.382. The number of nitroso groups, excluding NO2 is 1. The van der Waals surface area contributed by atoms with E-state index in [9.17, 15) is 14.5 Å². The van der Waals surface area contributed by atoms with Crippen molar-refractivity contribution in [2.24, 2.45) is 5.18 Å². The van der Waals surface area contributed by atoms with Crippen LogP contribution in [0.3, 0.4) is 0 Å². The maximum absolute atomic E-state index is 10.7. The molecule has 0 aromatic carbocycles. The maximum Gasteiger partial charge on any atom is 0.334 e. The Morgan fingerprint density at radius 1 is 1.33 bits per heavy atom. The number of hydrogen-bond donors (Lipinski definition) is 0. The molecule has 1 unspecified atom stereocenters. The molecule has 68 valence electrons. The van der Waals surface area contributed by atoms with E-state index >= 15 is 0 Å². The summed E-state index contributed by atoms with van der Waals surface area (Å²) in [7, 11) is 2.26. The Hall–Kier alpha value is -1.46. The fraction of sp³-hybridized carbons (Fsp3) is 0.667. The number of ether oxygens (including phenoxy) is 2. The van der Waals surface area contributed by atoms with Crippen LogP contribution in [0.15, 0.2) is 5.18 Å². The molecule has 0 aliphatic carbocycles. The summed E-state index contributed by atoms with van der Waals surface area (Å²) in [5.74, 6) is -1.51. The van der Waals surface area contributed by atoms with Gasteiger partial charge in [0.15, 0.2) is 6.04 Å². The predicted octanol–water partition coefficient (Wildman–Crippen LogP) is -0.143. The van der Waals surface area contributed by atoms with Crippen LogP contribution in [0.5, 0.6) is 0 Å². The topological polar surface area (TPSA) is 82.0 Å². The maximum atomic E-state index is 10.7. The molecular formula is C6H9NO5. The van der Waals surface area contributed by atoms with E-state index in [4.69, 9.17) is 0 Å². The zero-order valence-electron chi connectivity index (χ0n) is 6.77. The average molecular weight is 175 g/mol. The molecule has 0 spiro atoms. The SMILES string of the molecule is COC(=O)CC(N=O)C(=O)OC. The average Bonchev–Trinajstić information content (AvgIpc) is 2.12. The van der Waals surface area contributed by atoms with Crippen LogP contribution in [-0.4, -0.2) is 32.2 Å². The lowest BCUT2D eigenvalue weighted by atomic mass is 10.2. The third-order valence-corrected chi connectivity index (χ3v) is 1.19. The van der Waals surface area contributed by atoms with E-state index < -0.39 is 18.0 Å². The van der Waals surface area contributed by atoms with Crippen LogP contribution in [0.2, 0.25) is 0 Å². The van der Waals surface area contributed by atoms with E-state index in [0.29, 0.717) is 0 Å². The van der Waals surface area contributed by atoms with Gasteiger partial charge in [-0.1, -0.05) is 5.18 Å². The van der Waals surface area contributed by atoms with Crippen molar-refractivity contribution in [1.29, 1.82) is 0 Å². The van der Waals surface area contributed by atoms with E-state index in [-0.39, 0.29) is 6.42 Å². The Labute approximate surface area is 68.8 Å². The van der Waals surface area contributed by atoms with Crippen LogP contribution in [0.25, 0.3) is 0 Å². The molecule has 6 nitrogen and oxygen atoms in total. The van der Waals surface area contributed by atoms with Crippen LogP contribution in [0, 0.1) is 4.91 Å². The molecule has 1 atom stereocenters. The van der Waals surface area contributed by atoms with Crippen LogP contribution in [-0.2, 0) is 19.1 Å². The van der Waals surface area contributed by atoms with Gasteiger partial charge in [0, 0.05) is 0 Å². The Morgan fingerprint density at radius 2 is 1.92 bits per heavy atom. The minimum atomic E-state index is -1.30. The van der Waals surface area contributed by atoms with Gasteiger partial charge in [-0.25, -0.2) is 4.79 Å². The Kier molecular flexibility index (Phi) is 4.59. The van der Waals surface area contributed by atoms with Gasteiger partial charge in [-0.05, 0) is 0 Å². The van der Waals surface area contributed by atoms with E-state index in [1.165, 1.54) is 0 Å². The lowest BCUT2D eigenvalue weighted by molar-refractivity contribution is -0.148. The number of hydrogen-bond acceptors (Lipinski definition) is 6. The molecule has 0 N–H and O–H groups in total. The second kappa shape index (κ2) is 5.22. The Balaban J connectivity index is 4.08. The molecule has 0 saturated carbocycles. The lowest BCUT2D eigenvalue weighted by Crippen LogP contribution is -2.23. The van der Waals surface area contributed by atoms with Crippen molar-refractivity contribution >= 4 is 11.9 Å². The highest BCUT2D eigenvalue weighted by molar-refractivity contribution is 5.82. The van der Waals surface area contributed by atoms with Gasteiger partial charge < -0.3 is 9.47 Å². The summed E-state index contributed by atoms with van der Waals surface area (Å²) >= 11 is 0. The van der Waals surface area contributed by atoms with E-state index in [2.05, 4.69) is 14.7 Å². The predicted molar refractivity (Wildman–Crippen MR) is 38.2 cm³/mol. The van der Waals surface area contributed by atoms with Crippen LogP contribution < -0.4 is 0 Å². The number of carbonyl (C=O) groups is 2. The number of nitrogens with zero attached hydrogens (tertiary/aromatic N) is 1. The third-order valence-electron chi connectivity index (χ3n) is 1.19. The third kappa shape index (κ3) is 3.09. The first-order valence-corrected chi connectivity index (χ1v) is 3.12. The van der Waals surface area contributed by atoms with Crippen LogP contribution in [0.1, 0.15) is 6.42 Å². The van der Waals surface area contributed by atoms with Crippen molar-refractivity contribution in [2.45, 2.75) is 12.5 Å². The standard InChI is InChI=1S/C6H9NO5/c1-11-5(8)3-4(7-10)6(9)12-2/h4H,3H2,1-2H3. The van der Waals surface area contributed by atoms with Gasteiger partial charge in [0.05, 0.1) is 20.6 Å². The van der Waals surface area contributed by atoms with Gasteiger partial charge in [-0.15, -0.1) is 4.91 Å². The van der Waals surface area contributed by atoms with Crippen molar-refractivity contribution in [1.82, 2.24) is 0 Å². The first kappa shape index (κ1) is 10.5. The zero-order chi connectivity index (χ0) is 9.56. The molecule has 0 heterocycles. The van der Waals surface area contributed by atoms with Gasteiger partial charge in [0.1, 0.15) is 0 Å². The van der Waals surface area contributed by atoms with E-state index in [1.807, 2.05) is 0 Å². The smallest absolute Gasteiger partial charge is 0.334 e. The largest absolute Gasteiger partial charge is 0.469 e. The van der Waals surface area contributed by atoms with Crippen LogP contribution >= 0.6 is 0 Å². The molecule has 0 bridgehead atoms. The van der Waals surface area contributed by atoms with E-state index in [1.54, 1.807) is 0 Å². The highest BCUT2D eigenvalue weighted by Gasteiger charge is 2.23. The minimum absolute atomic E-state index is 0.382. The zero-order valence-corrected chi connectivity index (χ0v) is 6.77. The monoisotopic (exact) mass is 175 g/mol. The quantitative estimate of drug-likeness (QED) is 0.438. The highest BCUT2D eigenvalue weighted by atomic mass is 16.5. The number of rotatable bonds is 4. The van der Waals surface area contributed by atoms with Gasteiger partial charge >= 0.3 is 11.9 Å². The highest BCUT2D eigenvalue weighted by Crippen LogP contribution is 2.01. The molecule has 0 aliphatic heterocycles. The van der Waals surface area contributed by atoms with Crippen molar-refractivity contribution in [3.8, 4) is 0 Å². The molecule has 0 rings (SSSR count). The normalized spacial score (nSPS) is 11.5. The van der Waals surface area contributed by atoms with E-state index in [0.717, 1.165) is 14.2 Å². The molecule has 12 heavy (non-hydrogen) atoms. The number of methoxy groups -OCH3 is 2. The van der Waals surface area contributed by atoms with Gasteiger partial charge in [-0.2, -0.15) is 0 Å². The Bertz CT molecular complexity index is 190. The summed E-state index contributed by atoms with van der Waals surface area (Å²) in [4.78, 5) is 31.2. The van der Waals surface area contributed by atoms with Gasteiger partial charge in [0.2, 0.25) is 0 Å². The summed E-state index contributed by atoms with van der Waals surface area (Å²) in [6.45, 7) is 0. The molecule has 0 saturated heterocycles. The summed E-state index contributed by atoms with van der Waals surface area (Å²) in [6, 6.07) is -1.30. The van der Waals surface area contributed by atoms with Crippen molar-refractivity contribution < 1.29 is 19.1 Å². The molecule has 0 amide bonds. The first-order valence-electron chi connectivity index (χ1n) is 3.12. The molecular weight excluding hydrogens is 166 g/mol. The van der Waals surface area contributed by atoms with Crippen molar-refractivity contribution in [3.05, 3.63) is 4.91 Å². The number of esters is 2. The van der Waals surface area contributed by atoms with Gasteiger partial charge in [0.25, 0.3) is 0 Å². The molecule has 6 heteroatoms. The van der Waals surface area contributed by atoms with Crippen LogP contribution in [0.4, 0.5) is 0 Å². The molecule has 0 aliphatic rings. The second-order valence-corrected chi connectivity index (χ2v) is 1.92. The molecule has 0 fully saturated rings. The molecule has 0 radical (unpaired) electrons. The summed E-state index contributed by atoms with van der Waals surface area (Å²) in [5, 5.41) is 2.42. The van der Waals surface area contributed by atoms with Crippen molar-refractivity contribution in [2.75, 3.05) is 14.2 Å². The lowest BCUT2D eigenvalue weighted by Gasteiger charge is -2.03. The fourth-order valence-corrected chi connectivity index (χ4v) is 0.541. The summed E-state index contributed by atoms with van der Waals surface area (Å²) in [5.41, 5.74) is 0.